The van der Waals surface area contributed by atoms with Gasteiger partial charge in [0.15, 0.2) is 5.23 Å². The first-order valence-corrected chi connectivity index (χ1v) is 5.73. The van der Waals surface area contributed by atoms with E-state index < -0.39 is 20.5 Å². The molecule has 68 valence electrons. The van der Waals surface area contributed by atoms with E-state index in [-0.39, 0.29) is 4.91 Å². The smallest absolute Gasteiger partial charge is 0.226 e. The SMILES string of the molecule is O=C=NS(=O)(=O)C1=CS(=C=O)C=C1. The monoisotopic (exact) mass is 217 g/mol. The van der Waals surface area contributed by atoms with Crippen LogP contribution < -0.4 is 0 Å². The maximum Gasteiger partial charge on any atom is 0.293 e. The number of hydrogen-bond donors (Lipinski definition) is 0. The van der Waals surface area contributed by atoms with Crippen molar-refractivity contribution in [2.75, 3.05) is 0 Å². The standard InChI is InChI=1S/C6H3NO4S2/c8-4-7-13(10,11)6-1-2-12(3-6)5-9/h1-3H. The second-order valence-corrected chi connectivity index (χ2v) is 4.96. The normalized spacial score (nSPS) is 20.3. The Kier molecular flexibility index (Phi) is 2.75. The van der Waals surface area contributed by atoms with Gasteiger partial charge in [0.2, 0.25) is 0 Å². The molecule has 1 aliphatic rings. The van der Waals surface area contributed by atoms with Crippen LogP contribution in [-0.2, 0) is 19.6 Å². The molecule has 0 spiro atoms. The van der Waals surface area contributed by atoms with E-state index in [1.807, 2.05) is 0 Å². The number of nitrogens with zero attached hydrogens (tertiary/aromatic N) is 1. The number of hydrogen-bond acceptors (Lipinski definition) is 4. The lowest BCUT2D eigenvalue weighted by Gasteiger charge is -1.89. The lowest BCUT2D eigenvalue weighted by atomic mass is 10.6. The van der Waals surface area contributed by atoms with Gasteiger partial charge in [-0.1, -0.05) is 14.9 Å². The molecule has 0 aliphatic carbocycles. The third kappa shape index (κ3) is 2.11. The van der Waals surface area contributed by atoms with E-state index in [2.05, 4.69) is 4.40 Å². The van der Waals surface area contributed by atoms with Crippen molar-refractivity contribution in [2.24, 2.45) is 4.40 Å². The molecule has 0 fully saturated rings. The van der Waals surface area contributed by atoms with Crippen molar-refractivity contribution in [2.45, 2.75) is 0 Å². The van der Waals surface area contributed by atoms with Crippen LogP contribution in [0.5, 0.6) is 0 Å². The molecule has 0 aromatic carbocycles. The Hall–Kier alpha value is -1.26. The van der Waals surface area contributed by atoms with Gasteiger partial charge < -0.3 is 0 Å². The van der Waals surface area contributed by atoms with Crippen LogP contribution in [-0.4, -0.2) is 19.7 Å². The minimum Gasteiger partial charge on any atom is -0.226 e. The van der Waals surface area contributed by atoms with Gasteiger partial charge in [-0.2, -0.15) is 8.42 Å². The average Bonchev–Trinajstić information content (AvgIpc) is 2.52. The molecule has 7 heteroatoms. The van der Waals surface area contributed by atoms with Crippen molar-refractivity contribution in [1.29, 1.82) is 0 Å². The zero-order valence-electron chi connectivity index (χ0n) is 6.13. The summed E-state index contributed by atoms with van der Waals surface area (Å²) in [6.07, 6.45) is 2.15. The van der Waals surface area contributed by atoms with Crippen molar-refractivity contribution in [1.82, 2.24) is 0 Å². The first kappa shape index (κ1) is 9.83. The van der Waals surface area contributed by atoms with Crippen LogP contribution in [0, 0.1) is 0 Å². The summed E-state index contributed by atoms with van der Waals surface area (Å²) in [5.41, 5.74) is 0. The Labute approximate surface area is 76.5 Å². The largest absolute Gasteiger partial charge is 0.293 e. The molecular weight excluding hydrogens is 214 g/mol. The average molecular weight is 217 g/mol. The van der Waals surface area contributed by atoms with Crippen LogP contribution in [0.2, 0.25) is 0 Å². The maximum absolute atomic E-state index is 11.0. The summed E-state index contributed by atoms with van der Waals surface area (Å²) >= 11 is 0. The van der Waals surface area contributed by atoms with E-state index in [1.54, 1.807) is 5.23 Å². The molecule has 1 atom stereocenters. The van der Waals surface area contributed by atoms with Gasteiger partial charge in [-0.25, -0.2) is 9.59 Å². The maximum atomic E-state index is 11.0. The van der Waals surface area contributed by atoms with Crippen molar-refractivity contribution in [3.8, 4) is 0 Å². The quantitative estimate of drug-likeness (QED) is 0.380. The molecule has 1 heterocycles. The number of sulfonamides is 1. The van der Waals surface area contributed by atoms with Crippen molar-refractivity contribution in [3.05, 3.63) is 21.8 Å². The Morgan fingerprint density at radius 2 is 2.08 bits per heavy atom. The summed E-state index contributed by atoms with van der Waals surface area (Å²) in [5.74, 6) is 0. The minimum absolute atomic E-state index is 0.164. The lowest BCUT2D eigenvalue weighted by molar-refractivity contribution is 0.564. The number of carbonyl (C=O) groups excluding carboxylic acids is 2. The van der Waals surface area contributed by atoms with E-state index in [9.17, 15) is 18.0 Å². The summed E-state index contributed by atoms with van der Waals surface area (Å²) in [6.45, 7) is 0. The molecule has 0 bridgehead atoms. The first-order valence-electron chi connectivity index (χ1n) is 2.94. The summed E-state index contributed by atoms with van der Waals surface area (Å²) in [7, 11) is -4.88. The van der Waals surface area contributed by atoms with Crippen molar-refractivity contribution < 1.29 is 18.0 Å². The van der Waals surface area contributed by atoms with E-state index >= 15 is 0 Å². The summed E-state index contributed by atoms with van der Waals surface area (Å²) in [4.78, 5) is 19.7. The Balaban J connectivity index is 3.23. The van der Waals surface area contributed by atoms with Crippen molar-refractivity contribution >= 4 is 31.8 Å². The number of allylic oxidation sites excluding steroid dienone is 1. The van der Waals surface area contributed by atoms with Gasteiger partial charge in [0.05, 0.1) is 4.91 Å². The van der Waals surface area contributed by atoms with Gasteiger partial charge in [-0.15, -0.1) is 0 Å². The van der Waals surface area contributed by atoms with Gasteiger partial charge in [0.1, 0.15) is 0 Å². The van der Waals surface area contributed by atoms with Crippen LogP contribution in [0.4, 0.5) is 0 Å². The highest BCUT2D eigenvalue weighted by atomic mass is 32.2. The zero-order valence-corrected chi connectivity index (χ0v) is 7.76. The highest BCUT2D eigenvalue weighted by molar-refractivity contribution is 8.20. The molecule has 0 aromatic rings. The van der Waals surface area contributed by atoms with Crippen LogP contribution in [0.25, 0.3) is 0 Å². The zero-order chi connectivity index (χ0) is 9.90. The van der Waals surface area contributed by atoms with Crippen LogP contribution in [0.15, 0.2) is 26.2 Å². The lowest BCUT2D eigenvalue weighted by Crippen LogP contribution is -1.95. The topological polar surface area (TPSA) is 80.6 Å². The molecule has 0 saturated carbocycles. The Morgan fingerprint density at radius 1 is 1.38 bits per heavy atom. The third-order valence-corrected chi connectivity index (χ3v) is 3.62. The molecule has 1 aliphatic heterocycles. The van der Waals surface area contributed by atoms with Gasteiger partial charge in [0, 0.05) is 5.41 Å². The van der Waals surface area contributed by atoms with Crippen LogP contribution in [0.1, 0.15) is 0 Å². The second-order valence-electron chi connectivity index (χ2n) is 1.94. The minimum atomic E-state index is -3.95. The Bertz CT molecular complexity index is 487. The van der Waals surface area contributed by atoms with E-state index in [0.717, 1.165) is 6.08 Å². The molecule has 0 amide bonds. The van der Waals surface area contributed by atoms with Gasteiger partial charge >= 0.3 is 0 Å². The Morgan fingerprint density at radius 3 is 2.54 bits per heavy atom. The highest BCUT2D eigenvalue weighted by Crippen LogP contribution is 2.28. The van der Waals surface area contributed by atoms with Crippen molar-refractivity contribution in [3.63, 3.8) is 0 Å². The van der Waals surface area contributed by atoms with Gasteiger partial charge in [-0.05, 0) is 11.5 Å². The molecule has 1 unspecified atom stereocenters. The fraction of sp³-hybridized carbons (Fsp3) is 0. The molecule has 0 aromatic heterocycles. The van der Waals surface area contributed by atoms with Gasteiger partial charge in [-0.3, -0.25) is 0 Å². The molecular formula is C6H3NO4S2. The summed E-state index contributed by atoms with van der Waals surface area (Å²) in [6, 6.07) is 0. The second kappa shape index (κ2) is 3.64. The predicted molar refractivity (Wildman–Crippen MR) is 47.5 cm³/mol. The van der Waals surface area contributed by atoms with E-state index in [1.165, 1.54) is 16.9 Å². The summed E-state index contributed by atoms with van der Waals surface area (Å²) < 4.78 is 24.7. The summed E-state index contributed by atoms with van der Waals surface area (Å²) in [5, 5.41) is 4.18. The molecule has 13 heavy (non-hydrogen) atoms. The van der Waals surface area contributed by atoms with Crippen LogP contribution in [0.3, 0.4) is 0 Å². The number of rotatable bonds is 2. The van der Waals surface area contributed by atoms with E-state index in [4.69, 9.17) is 0 Å². The molecule has 0 radical (unpaired) electrons. The molecule has 0 saturated heterocycles. The molecule has 5 nitrogen and oxygen atoms in total. The van der Waals surface area contributed by atoms with Gasteiger partial charge in [0.25, 0.3) is 16.1 Å². The predicted octanol–water partition coefficient (Wildman–Crippen LogP) is 0.357. The highest BCUT2D eigenvalue weighted by Gasteiger charge is 2.17. The molecule has 0 N–H and O–H groups in total. The third-order valence-electron chi connectivity index (χ3n) is 1.17. The fourth-order valence-electron chi connectivity index (χ4n) is 0.644. The fourth-order valence-corrected chi connectivity index (χ4v) is 2.78. The number of isocyanates is 1. The van der Waals surface area contributed by atoms with E-state index in [0.29, 0.717) is 0 Å². The first-order chi connectivity index (χ1) is 6.10. The molecule has 1 rings (SSSR count). The van der Waals surface area contributed by atoms with Crippen LogP contribution >= 0.6 is 10.5 Å².